The summed E-state index contributed by atoms with van der Waals surface area (Å²) in [6.07, 6.45) is -1.41. The standard InChI is InChI=1S/C15H9F3OS/c16-9-5-4-8-6-13(20-12(8)7-9)15(19)14-10(17)2-1-3-11(14)18/h1-7,15,19H. The van der Waals surface area contributed by atoms with Gasteiger partial charge in [-0.2, -0.15) is 0 Å². The molecule has 0 saturated heterocycles. The summed E-state index contributed by atoms with van der Waals surface area (Å²) >= 11 is 1.11. The number of halogens is 3. The highest BCUT2D eigenvalue weighted by Crippen LogP contribution is 2.35. The van der Waals surface area contributed by atoms with Crippen molar-refractivity contribution in [1.82, 2.24) is 0 Å². The van der Waals surface area contributed by atoms with Crippen LogP contribution in [-0.2, 0) is 0 Å². The van der Waals surface area contributed by atoms with E-state index in [1.807, 2.05) is 0 Å². The molecule has 1 N–H and O–H groups in total. The minimum atomic E-state index is -1.41. The van der Waals surface area contributed by atoms with Crippen LogP contribution >= 0.6 is 11.3 Å². The predicted octanol–water partition coefficient (Wildman–Crippen LogP) is 4.40. The SMILES string of the molecule is OC(c1cc2ccc(F)cc2s1)c1c(F)cccc1F. The third-order valence-corrected chi connectivity index (χ3v) is 4.19. The summed E-state index contributed by atoms with van der Waals surface area (Å²) in [7, 11) is 0. The van der Waals surface area contributed by atoms with E-state index in [0.717, 1.165) is 28.9 Å². The Balaban J connectivity index is 2.10. The van der Waals surface area contributed by atoms with E-state index in [9.17, 15) is 18.3 Å². The van der Waals surface area contributed by atoms with Gasteiger partial charge in [0.25, 0.3) is 0 Å². The van der Waals surface area contributed by atoms with Crippen molar-refractivity contribution in [2.24, 2.45) is 0 Å². The van der Waals surface area contributed by atoms with Gasteiger partial charge in [0.1, 0.15) is 23.6 Å². The highest BCUT2D eigenvalue weighted by Gasteiger charge is 2.21. The van der Waals surface area contributed by atoms with Crippen molar-refractivity contribution in [3.63, 3.8) is 0 Å². The van der Waals surface area contributed by atoms with E-state index in [1.165, 1.54) is 18.2 Å². The molecule has 0 aliphatic heterocycles. The zero-order valence-electron chi connectivity index (χ0n) is 10.1. The molecule has 0 aliphatic rings. The van der Waals surface area contributed by atoms with Crippen LogP contribution in [0.4, 0.5) is 13.2 Å². The molecule has 1 aromatic heterocycles. The number of fused-ring (bicyclic) bond motifs is 1. The van der Waals surface area contributed by atoms with Crippen LogP contribution in [0.1, 0.15) is 16.5 Å². The molecule has 2 aromatic carbocycles. The van der Waals surface area contributed by atoms with Gasteiger partial charge in [-0.3, -0.25) is 0 Å². The van der Waals surface area contributed by atoms with Crippen LogP contribution in [0.15, 0.2) is 42.5 Å². The molecule has 20 heavy (non-hydrogen) atoms. The molecule has 0 bridgehead atoms. The van der Waals surface area contributed by atoms with E-state index in [-0.39, 0.29) is 5.56 Å². The summed E-state index contributed by atoms with van der Waals surface area (Å²) in [4.78, 5) is 0.370. The van der Waals surface area contributed by atoms with E-state index < -0.39 is 23.6 Å². The third kappa shape index (κ3) is 2.19. The van der Waals surface area contributed by atoms with Gasteiger partial charge in [0.05, 0.1) is 5.56 Å². The average molecular weight is 294 g/mol. The maximum absolute atomic E-state index is 13.7. The van der Waals surface area contributed by atoms with Gasteiger partial charge in [0.15, 0.2) is 0 Å². The lowest BCUT2D eigenvalue weighted by Gasteiger charge is -2.10. The lowest BCUT2D eigenvalue weighted by Crippen LogP contribution is -2.03. The number of rotatable bonds is 2. The Hall–Kier alpha value is -1.85. The number of aliphatic hydroxyl groups is 1. The first-order valence-corrected chi connectivity index (χ1v) is 6.69. The quantitative estimate of drug-likeness (QED) is 0.742. The summed E-state index contributed by atoms with van der Waals surface area (Å²) in [5.41, 5.74) is -0.389. The highest BCUT2D eigenvalue weighted by atomic mass is 32.1. The molecule has 1 unspecified atom stereocenters. The molecule has 0 fully saturated rings. The first-order valence-electron chi connectivity index (χ1n) is 5.87. The highest BCUT2D eigenvalue weighted by molar-refractivity contribution is 7.19. The Bertz CT molecular complexity index is 762. The summed E-state index contributed by atoms with van der Waals surface area (Å²) in [5.74, 6) is -2.00. The van der Waals surface area contributed by atoms with Gasteiger partial charge >= 0.3 is 0 Å². The van der Waals surface area contributed by atoms with Crippen molar-refractivity contribution in [2.45, 2.75) is 6.10 Å². The molecule has 0 amide bonds. The minimum absolute atomic E-state index is 0.370. The van der Waals surface area contributed by atoms with Crippen LogP contribution in [0.5, 0.6) is 0 Å². The van der Waals surface area contributed by atoms with Crippen LogP contribution in [0.2, 0.25) is 0 Å². The second kappa shape index (κ2) is 4.92. The zero-order valence-corrected chi connectivity index (χ0v) is 10.9. The summed E-state index contributed by atoms with van der Waals surface area (Å²) < 4.78 is 41.0. The molecule has 102 valence electrons. The number of hydrogen-bond donors (Lipinski definition) is 1. The molecular formula is C15H9F3OS. The van der Waals surface area contributed by atoms with Crippen LogP contribution in [0, 0.1) is 17.5 Å². The molecule has 1 nitrogen and oxygen atoms in total. The normalized spacial score (nSPS) is 12.8. The van der Waals surface area contributed by atoms with Crippen molar-refractivity contribution in [3.8, 4) is 0 Å². The molecule has 3 rings (SSSR count). The summed E-state index contributed by atoms with van der Waals surface area (Å²) in [6.45, 7) is 0. The number of thiophene rings is 1. The molecular weight excluding hydrogens is 285 g/mol. The first kappa shape index (κ1) is 13.1. The molecule has 1 atom stereocenters. The fourth-order valence-corrected chi connectivity index (χ4v) is 3.16. The topological polar surface area (TPSA) is 20.2 Å². The summed E-state index contributed by atoms with van der Waals surface area (Å²) in [6, 6.07) is 9.22. The van der Waals surface area contributed by atoms with Gasteiger partial charge in [-0.1, -0.05) is 12.1 Å². The average Bonchev–Trinajstić information content (AvgIpc) is 2.81. The van der Waals surface area contributed by atoms with Crippen molar-refractivity contribution < 1.29 is 18.3 Å². The molecule has 3 aromatic rings. The van der Waals surface area contributed by atoms with Gasteiger partial charge < -0.3 is 5.11 Å². The van der Waals surface area contributed by atoms with Crippen molar-refractivity contribution in [1.29, 1.82) is 0 Å². The molecule has 1 heterocycles. The second-order valence-electron chi connectivity index (χ2n) is 4.37. The zero-order chi connectivity index (χ0) is 14.3. The fraction of sp³-hybridized carbons (Fsp3) is 0.0667. The molecule has 0 spiro atoms. The van der Waals surface area contributed by atoms with Crippen LogP contribution in [0.3, 0.4) is 0 Å². The maximum Gasteiger partial charge on any atom is 0.132 e. The van der Waals surface area contributed by atoms with E-state index in [0.29, 0.717) is 9.58 Å². The van der Waals surface area contributed by atoms with E-state index >= 15 is 0 Å². The summed E-state index contributed by atoms with van der Waals surface area (Å²) in [5, 5.41) is 10.9. The Morgan fingerprint density at radius 1 is 0.950 bits per heavy atom. The number of benzene rings is 2. The van der Waals surface area contributed by atoms with Gasteiger partial charge in [0, 0.05) is 9.58 Å². The lowest BCUT2D eigenvalue weighted by molar-refractivity contribution is 0.213. The minimum Gasteiger partial charge on any atom is -0.383 e. The van der Waals surface area contributed by atoms with Crippen molar-refractivity contribution >= 4 is 21.4 Å². The molecule has 0 radical (unpaired) electrons. The third-order valence-electron chi connectivity index (χ3n) is 3.04. The van der Waals surface area contributed by atoms with Crippen LogP contribution < -0.4 is 0 Å². The Morgan fingerprint density at radius 2 is 1.65 bits per heavy atom. The van der Waals surface area contributed by atoms with Gasteiger partial charge in [-0.15, -0.1) is 11.3 Å². The number of hydrogen-bond acceptors (Lipinski definition) is 2. The largest absolute Gasteiger partial charge is 0.383 e. The van der Waals surface area contributed by atoms with Crippen molar-refractivity contribution in [3.05, 3.63) is 70.4 Å². The van der Waals surface area contributed by atoms with Gasteiger partial charge in [0.2, 0.25) is 0 Å². The Labute approximate surface area is 116 Å². The number of aliphatic hydroxyl groups excluding tert-OH is 1. The van der Waals surface area contributed by atoms with Crippen LogP contribution in [0.25, 0.3) is 10.1 Å². The lowest BCUT2D eigenvalue weighted by atomic mass is 10.1. The van der Waals surface area contributed by atoms with Crippen LogP contribution in [-0.4, -0.2) is 5.11 Å². The molecule has 0 saturated carbocycles. The Kier molecular flexibility index (Phi) is 3.23. The van der Waals surface area contributed by atoms with E-state index in [1.54, 1.807) is 12.1 Å². The molecule has 0 aliphatic carbocycles. The van der Waals surface area contributed by atoms with Crippen molar-refractivity contribution in [2.75, 3.05) is 0 Å². The smallest absolute Gasteiger partial charge is 0.132 e. The van der Waals surface area contributed by atoms with Gasteiger partial charge in [-0.25, -0.2) is 13.2 Å². The van der Waals surface area contributed by atoms with Gasteiger partial charge in [-0.05, 0) is 35.7 Å². The second-order valence-corrected chi connectivity index (χ2v) is 5.48. The molecule has 5 heteroatoms. The Morgan fingerprint density at radius 3 is 2.35 bits per heavy atom. The monoisotopic (exact) mass is 294 g/mol. The fourth-order valence-electron chi connectivity index (χ4n) is 2.07. The predicted molar refractivity (Wildman–Crippen MR) is 72.2 cm³/mol. The van der Waals surface area contributed by atoms with E-state index in [2.05, 4.69) is 0 Å². The first-order chi connectivity index (χ1) is 9.56. The van der Waals surface area contributed by atoms with E-state index in [4.69, 9.17) is 0 Å². The maximum atomic E-state index is 13.7.